The average molecular weight is 230 g/mol. The number of nitrogen functional groups attached to an aromatic ring is 1. The van der Waals surface area contributed by atoms with Crippen molar-refractivity contribution in [2.24, 2.45) is 0 Å². The maximum atomic E-state index is 5.60. The van der Waals surface area contributed by atoms with Crippen LogP contribution in [-0.2, 0) is 0 Å². The number of hydrogen-bond acceptors (Lipinski definition) is 2. The van der Waals surface area contributed by atoms with Gasteiger partial charge in [-0.2, -0.15) is 0 Å². The number of hydrogen-bond donors (Lipinski definition) is 1. The van der Waals surface area contributed by atoms with Crippen molar-refractivity contribution in [3.63, 3.8) is 0 Å². The van der Waals surface area contributed by atoms with Gasteiger partial charge in [0, 0.05) is 11.8 Å². The maximum absolute atomic E-state index is 5.60. The molecule has 0 spiro atoms. The molecule has 0 atom stereocenters. The lowest BCUT2D eigenvalue weighted by Gasteiger charge is -2.06. The van der Waals surface area contributed by atoms with Crippen LogP contribution in [0.25, 0.3) is 0 Å². The molecule has 0 fully saturated rings. The predicted octanol–water partition coefficient (Wildman–Crippen LogP) is 2.82. The summed E-state index contributed by atoms with van der Waals surface area (Å²) in [5.74, 6) is 0.817. The Kier molecular flexibility index (Phi) is 3.41. The number of halogens is 1. The largest absolute Gasteiger partial charge is 0.492 e. The Morgan fingerprint density at radius 3 is 2.92 bits per heavy atom. The Morgan fingerprint density at radius 2 is 2.25 bits per heavy atom. The van der Waals surface area contributed by atoms with Crippen LogP contribution in [0.5, 0.6) is 5.75 Å². The van der Waals surface area contributed by atoms with Gasteiger partial charge in [-0.3, -0.25) is 0 Å². The standard InChI is InChI=1S/C9H12BrNO/c1-2-5-12-9-6-7(11)3-4-8(9)10/h3-4,6H,2,5,11H2,1H3. The van der Waals surface area contributed by atoms with Gasteiger partial charge in [0.25, 0.3) is 0 Å². The quantitative estimate of drug-likeness (QED) is 0.810. The first-order chi connectivity index (χ1) is 5.74. The molecule has 2 nitrogen and oxygen atoms in total. The van der Waals surface area contributed by atoms with Gasteiger partial charge < -0.3 is 10.5 Å². The molecule has 0 aliphatic rings. The molecule has 0 saturated heterocycles. The Labute approximate surface area is 80.8 Å². The molecule has 66 valence electrons. The van der Waals surface area contributed by atoms with Gasteiger partial charge in [-0.25, -0.2) is 0 Å². The van der Waals surface area contributed by atoms with E-state index in [0.717, 1.165) is 28.9 Å². The third-order valence-corrected chi connectivity index (χ3v) is 2.07. The van der Waals surface area contributed by atoms with Crippen molar-refractivity contribution >= 4 is 21.6 Å². The predicted molar refractivity (Wildman–Crippen MR) is 54.3 cm³/mol. The Bertz CT molecular complexity index is 263. The van der Waals surface area contributed by atoms with E-state index in [4.69, 9.17) is 10.5 Å². The third-order valence-electron chi connectivity index (χ3n) is 1.42. The van der Waals surface area contributed by atoms with Gasteiger partial charge in [0.15, 0.2) is 0 Å². The first-order valence-electron chi connectivity index (χ1n) is 3.92. The van der Waals surface area contributed by atoms with Crippen LogP contribution in [0.3, 0.4) is 0 Å². The lowest BCUT2D eigenvalue weighted by Crippen LogP contribution is -1.96. The molecule has 12 heavy (non-hydrogen) atoms. The number of anilines is 1. The SMILES string of the molecule is CCCOc1cc(N)ccc1Br. The second kappa shape index (κ2) is 4.36. The van der Waals surface area contributed by atoms with Gasteiger partial charge in [-0.1, -0.05) is 6.92 Å². The summed E-state index contributed by atoms with van der Waals surface area (Å²) in [5, 5.41) is 0. The highest BCUT2D eigenvalue weighted by molar-refractivity contribution is 9.10. The van der Waals surface area contributed by atoms with Crippen molar-refractivity contribution in [1.29, 1.82) is 0 Å². The summed E-state index contributed by atoms with van der Waals surface area (Å²) in [6.07, 6.45) is 1.00. The van der Waals surface area contributed by atoms with E-state index in [1.54, 1.807) is 0 Å². The molecule has 0 aliphatic carbocycles. The van der Waals surface area contributed by atoms with Crippen LogP contribution < -0.4 is 10.5 Å². The van der Waals surface area contributed by atoms with E-state index in [1.165, 1.54) is 0 Å². The average Bonchev–Trinajstić information content (AvgIpc) is 2.07. The van der Waals surface area contributed by atoms with Crippen LogP contribution in [0.2, 0.25) is 0 Å². The van der Waals surface area contributed by atoms with E-state index >= 15 is 0 Å². The molecule has 0 unspecified atom stereocenters. The molecule has 1 aromatic carbocycles. The van der Waals surface area contributed by atoms with E-state index in [-0.39, 0.29) is 0 Å². The number of rotatable bonds is 3. The summed E-state index contributed by atoms with van der Waals surface area (Å²) in [6, 6.07) is 5.54. The van der Waals surface area contributed by atoms with Crippen LogP contribution in [0.15, 0.2) is 22.7 Å². The maximum Gasteiger partial charge on any atom is 0.135 e. The monoisotopic (exact) mass is 229 g/mol. The van der Waals surface area contributed by atoms with Crippen LogP contribution >= 0.6 is 15.9 Å². The molecular formula is C9H12BrNO. The van der Waals surface area contributed by atoms with Crippen LogP contribution in [0, 0.1) is 0 Å². The van der Waals surface area contributed by atoms with Crippen LogP contribution in [-0.4, -0.2) is 6.61 Å². The first-order valence-corrected chi connectivity index (χ1v) is 4.71. The highest BCUT2D eigenvalue weighted by atomic mass is 79.9. The number of benzene rings is 1. The Balaban J connectivity index is 2.75. The fourth-order valence-electron chi connectivity index (χ4n) is 0.843. The summed E-state index contributed by atoms with van der Waals surface area (Å²) in [4.78, 5) is 0. The van der Waals surface area contributed by atoms with E-state index in [9.17, 15) is 0 Å². The molecule has 1 aromatic rings. The summed E-state index contributed by atoms with van der Waals surface area (Å²) < 4.78 is 6.39. The second-order valence-electron chi connectivity index (χ2n) is 2.54. The molecule has 0 amide bonds. The fourth-order valence-corrected chi connectivity index (χ4v) is 1.20. The first kappa shape index (κ1) is 9.39. The van der Waals surface area contributed by atoms with Crippen molar-refractivity contribution in [2.75, 3.05) is 12.3 Å². The molecule has 3 heteroatoms. The van der Waals surface area contributed by atoms with Gasteiger partial charge >= 0.3 is 0 Å². The van der Waals surface area contributed by atoms with Crippen molar-refractivity contribution in [1.82, 2.24) is 0 Å². The van der Waals surface area contributed by atoms with Crippen LogP contribution in [0.4, 0.5) is 5.69 Å². The van der Waals surface area contributed by atoms with Crippen molar-refractivity contribution in [3.8, 4) is 5.75 Å². The summed E-state index contributed by atoms with van der Waals surface area (Å²) in [6.45, 7) is 2.79. The topological polar surface area (TPSA) is 35.2 Å². The van der Waals surface area contributed by atoms with Gasteiger partial charge in [0.2, 0.25) is 0 Å². The minimum Gasteiger partial charge on any atom is -0.492 e. The van der Waals surface area contributed by atoms with E-state index in [0.29, 0.717) is 0 Å². The highest BCUT2D eigenvalue weighted by Gasteiger charge is 1.99. The van der Waals surface area contributed by atoms with E-state index in [1.807, 2.05) is 18.2 Å². The van der Waals surface area contributed by atoms with Crippen molar-refractivity contribution in [3.05, 3.63) is 22.7 Å². The minimum absolute atomic E-state index is 0.724. The zero-order valence-electron chi connectivity index (χ0n) is 7.01. The summed E-state index contributed by atoms with van der Waals surface area (Å²) >= 11 is 3.38. The van der Waals surface area contributed by atoms with E-state index < -0.39 is 0 Å². The Hall–Kier alpha value is -0.700. The molecule has 1 rings (SSSR count). The highest BCUT2D eigenvalue weighted by Crippen LogP contribution is 2.26. The normalized spacial score (nSPS) is 9.83. The smallest absolute Gasteiger partial charge is 0.135 e. The number of nitrogens with two attached hydrogens (primary N) is 1. The summed E-state index contributed by atoms with van der Waals surface area (Å²) in [5.41, 5.74) is 6.32. The lowest BCUT2D eigenvalue weighted by molar-refractivity contribution is 0.315. The molecule has 2 N–H and O–H groups in total. The number of ether oxygens (including phenoxy) is 1. The second-order valence-corrected chi connectivity index (χ2v) is 3.39. The zero-order chi connectivity index (χ0) is 8.97. The van der Waals surface area contributed by atoms with Crippen molar-refractivity contribution < 1.29 is 4.74 Å². The fraction of sp³-hybridized carbons (Fsp3) is 0.333. The van der Waals surface area contributed by atoms with Gasteiger partial charge in [0.1, 0.15) is 5.75 Å². The molecule has 0 bridgehead atoms. The molecule has 0 radical (unpaired) electrons. The van der Waals surface area contributed by atoms with Crippen molar-refractivity contribution in [2.45, 2.75) is 13.3 Å². The zero-order valence-corrected chi connectivity index (χ0v) is 8.60. The van der Waals surface area contributed by atoms with Gasteiger partial charge in [-0.15, -0.1) is 0 Å². The Morgan fingerprint density at radius 1 is 1.50 bits per heavy atom. The minimum atomic E-state index is 0.724. The van der Waals surface area contributed by atoms with Crippen LogP contribution in [0.1, 0.15) is 13.3 Å². The lowest BCUT2D eigenvalue weighted by atomic mass is 10.3. The van der Waals surface area contributed by atoms with Gasteiger partial charge in [0.05, 0.1) is 11.1 Å². The molecule has 0 aromatic heterocycles. The summed E-state index contributed by atoms with van der Waals surface area (Å²) in [7, 11) is 0. The molecule has 0 aliphatic heterocycles. The van der Waals surface area contributed by atoms with E-state index in [2.05, 4.69) is 22.9 Å². The molecular weight excluding hydrogens is 218 g/mol. The third kappa shape index (κ3) is 2.41. The molecule has 0 saturated carbocycles. The molecule has 0 heterocycles. The van der Waals surface area contributed by atoms with Gasteiger partial charge in [-0.05, 0) is 34.5 Å².